The van der Waals surface area contributed by atoms with Crippen molar-refractivity contribution in [2.75, 3.05) is 0 Å². The molecule has 0 bridgehead atoms. The van der Waals surface area contributed by atoms with E-state index in [2.05, 4.69) is 10.1 Å². The van der Waals surface area contributed by atoms with E-state index in [0.29, 0.717) is 17.3 Å². The van der Waals surface area contributed by atoms with E-state index in [0.717, 1.165) is 5.56 Å². The standard InChI is InChI=1S/C13H16FN3O/c1-7-6-10(4-5-11(7)14)12-16-13(18-17-12)8(2)9(3)15/h4-6,8-9H,15H2,1-3H3. The molecule has 0 aliphatic rings. The zero-order chi connectivity index (χ0) is 13.3. The van der Waals surface area contributed by atoms with Crippen molar-refractivity contribution < 1.29 is 8.91 Å². The van der Waals surface area contributed by atoms with Crippen molar-refractivity contribution in [2.24, 2.45) is 5.73 Å². The molecule has 1 heterocycles. The maximum Gasteiger partial charge on any atom is 0.231 e. The Labute approximate surface area is 105 Å². The third-order valence-corrected chi connectivity index (χ3v) is 3.04. The van der Waals surface area contributed by atoms with Crippen LogP contribution in [0.1, 0.15) is 31.2 Å². The van der Waals surface area contributed by atoms with Crippen LogP contribution in [0.15, 0.2) is 22.7 Å². The van der Waals surface area contributed by atoms with Crippen molar-refractivity contribution in [2.45, 2.75) is 32.7 Å². The summed E-state index contributed by atoms with van der Waals surface area (Å²) >= 11 is 0. The van der Waals surface area contributed by atoms with Gasteiger partial charge in [0.1, 0.15) is 5.82 Å². The maximum absolute atomic E-state index is 13.2. The van der Waals surface area contributed by atoms with Gasteiger partial charge >= 0.3 is 0 Å². The van der Waals surface area contributed by atoms with Gasteiger partial charge in [-0.3, -0.25) is 0 Å². The number of hydrogen-bond donors (Lipinski definition) is 1. The highest BCUT2D eigenvalue weighted by Gasteiger charge is 2.18. The van der Waals surface area contributed by atoms with Crippen molar-refractivity contribution in [3.63, 3.8) is 0 Å². The Kier molecular flexibility index (Phi) is 3.43. The molecule has 0 radical (unpaired) electrons. The Bertz CT molecular complexity index is 551. The molecule has 0 fully saturated rings. The van der Waals surface area contributed by atoms with Crippen LogP contribution in [0.2, 0.25) is 0 Å². The van der Waals surface area contributed by atoms with Gasteiger partial charge in [0.25, 0.3) is 0 Å². The number of halogens is 1. The first-order chi connectivity index (χ1) is 8.49. The van der Waals surface area contributed by atoms with E-state index in [1.807, 2.05) is 13.8 Å². The molecule has 4 nitrogen and oxygen atoms in total. The molecule has 1 aromatic carbocycles. The molecule has 0 spiro atoms. The van der Waals surface area contributed by atoms with Crippen molar-refractivity contribution in [3.05, 3.63) is 35.5 Å². The molecule has 18 heavy (non-hydrogen) atoms. The van der Waals surface area contributed by atoms with Crippen LogP contribution >= 0.6 is 0 Å². The summed E-state index contributed by atoms with van der Waals surface area (Å²) in [5.41, 5.74) is 7.07. The van der Waals surface area contributed by atoms with Gasteiger partial charge in [-0.2, -0.15) is 4.98 Å². The zero-order valence-electron chi connectivity index (χ0n) is 10.6. The van der Waals surface area contributed by atoms with Crippen LogP contribution < -0.4 is 5.73 Å². The predicted molar refractivity (Wildman–Crippen MR) is 66.5 cm³/mol. The SMILES string of the molecule is Cc1cc(-c2noc(C(C)C(C)N)n2)ccc1F. The number of hydrogen-bond acceptors (Lipinski definition) is 4. The number of nitrogens with two attached hydrogens (primary N) is 1. The molecule has 5 heteroatoms. The van der Waals surface area contributed by atoms with E-state index in [9.17, 15) is 4.39 Å². The minimum Gasteiger partial charge on any atom is -0.339 e. The monoisotopic (exact) mass is 249 g/mol. The molecule has 0 aliphatic carbocycles. The second-order valence-electron chi connectivity index (χ2n) is 4.57. The van der Waals surface area contributed by atoms with E-state index in [4.69, 9.17) is 10.3 Å². The minimum absolute atomic E-state index is 0.00667. The highest BCUT2D eigenvalue weighted by molar-refractivity contribution is 5.55. The Morgan fingerprint density at radius 3 is 2.67 bits per heavy atom. The van der Waals surface area contributed by atoms with Gasteiger partial charge in [-0.25, -0.2) is 4.39 Å². The van der Waals surface area contributed by atoms with Gasteiger partial charge in [0.2, 0.25) is 11.7 Å². The maximum atomic E-state index is 13.2. The smallest absolute Gasteiger partial charge is 0.231 e. The van der Waals surface area contributed by atoms with Gasteiger partial charge in [-0.15, -0.1) is 0 Å². The molecule has 2 aromatic rings. The zero-order valence-corrected chi connectivity index (χ0v) is 10.6. The molecule has 96 valence electrons. The fraction of sp³-hybridized carbons (Fsp3) is 0.385. The average Bonchev–Trinajstić information content (AvgIpc) is 2.81. The number of aromatic nitrogens is 2. The lowest BCUT2D eigenvalue weighted by Gasteiger charge is -2.09. The molecular weight excluding hydrogens is 233 g/mol. The number of rotatable bonds is 3. The van der Waals surface area contributed by atoms with Gasteiger partial charge in [0, 0.05) is 11.6 Å². The summed E-state index contributed by atoms with van der Waals surface area (Å²) in [6, 6.07) is 4.66. The molecule has 2 rings (SSSR count). The first-order valence-corrected chi connectivity index (χ1v) is 5.84. The molecule has 2 unspecified atom stereocenters. The fourth-order valence-electron chi connectivity index (χ4n) is 1.55. The topological polar surface area (TPSA) is 64.9 Å². The molecule has 2 atom stereocenters. The van der Waals surface area contributed by atoms with Gasteiger partial charge in [0.05, 0.1) is 5.92 Å². The summed E-state index contributed by atoms with van der Waals surface area (Å²) in [5.74, 6) is 0.710. The van der Waals surface area contributed by atoms with Crippen LogP contribution in [0.4, 0.5) is 4.39 Å². The summed E-state index contributed by atoms with van der Waals surface area (Å²) in [5, 5.41) is 3.90. The van der Waals surface area contributed by atoms with Gasteiger partial charge in [-0.05, 0) is 37.6 Å². The summed E-state index contributed by atoms with van der Waals surface area (Å²) in [6.45, 7) is 5.51. The van der Waals surface area contributed by atoms with Crippen molar-refractivity contribution in [1.82, 2.24) is 10.1 Å². The van der Waals surface area contributed by atoms with Crippen LogP contribution in [0.25, 0.3) is 11.4 Å². The highest BCUT2D eigenvalue weighted by atomic mass is 19.1. The van der Waals surface area contributed by atoms with Gasteiger partial charge in [0.15, 0.2) is 0 Å². The summed E-state index contributed by atoms with van der Waals surface area (Å²) < 4.78 is 18.4. The quantitative estimate of drug-likeness (QED) is 0.908. The summed E-state index contributed by atoms with van der Waals surface area (Å²) in [4.78, 5) is 4.29. The lowest BCUT2D eigenvalue weighted by Crippen LogP contribution is -2.22. The molecular formula is C13H16FN3O. The fourth-order valence-corrected chi connectivity index (χ4v) is 1.55. The van der Waals surface area contributed by atoms with Crippen molar-refractivity contribution >= 4 is 0 Å². The van der Waals surface area contributed by atoms with Crippen molar-refractivity contribution in [3.8, 4) is 11.4 Å². The van der Waals surface area contributed by atoms with Crippen molar-refractivity contribution in [1.29, 1.82) is 0 Å². The number of aryl methyl sites for hydroxylation is 1. The molecule has 1 aromatic heterocycles. The van der Waals surface area contributed by atoms with E-state index in [-0.39, 0.29) is 17.8 Å². The largest absolute Gasteiger partial charge is 0.339 e. The average molecular weight is 249 g/mol. The Balaban J connectivity index is 2.32. The van der Waals surface area contributed by atoms with E-state index < -0.39 is 0 Å². The van der Waals surface area contributed by atoms with Crippen LogP contribution in [0.3, 0.4) is 0 Å². The van der Waals surface area contributed by atoms with E-state index in [1.165, 1.54) is 6.07 Å². The lowest BCUT2D eigenvalue weighted by atomic mass is 10.1. The van der Waals surface area contributed by atoms with Crippen LogP contribution in [0.5, 0.6) is 0 Å². The van der Waals surface area contributed by atoms with E-state index in [1.54, 1.807) is 19.1 Å². The Morgan fingerprint density at radius 2 is 2.06 bits per heavy atom. The molecule has 0 aliphatic heterocycles. The third kappa shape index (κ3) is 2.41. The van der Waals surface area contributed by atoms with Gasteiger partial charge < -0.3 is 10.3 Å². The van der Waals surface area contributed by atoms with Gasteiger partial charge in [-0.1, -0.05) is 12.1 Å². The summed E-state index contributed by atoms with van der Waals surface area (Å²) in [6.07, 6.45) is 0. The highest BCUT2D eigenvalue weighted by Crippen LogP contribution is 2.22. The second kappa shape index (κ2) is 4.86. The summed E-state index contributed by atoms with van der Waals surface area (Å²) in [7, 11) is 0. The number of benzene rings is 1. The first kappa shape index (κ1) is 12.7. The minimum atomic E-state index is -0.244. The van der Waals surface area contributed by atoms with E-state index >= 15 is 0 Å². The Morgan fingerprint density at radius 1 is 1.33 bits per heavy atom. The number of nitrogens with zero attached hydrogens (tertiary/aromatic N) is 2. The second-order valence-corrected chi connectivity index (χ2v) is 4.57. The first-order valence-electron chi connectivity index (χ1n) is 5.84. The molecule has 0 saturated heterocycles. The van der Waals surface area contributed by atoms with Crippen LogP contribution in [-0.2, 0) is 0 Å². The third-order valence-electron chi connectivity index (χ3n) is 3.04. The lowest BCUT2D eigenvalue weighted by molar-refractivity contribution is 0.346. The molecule has 0 amide bonds. The van der Waals surface area contributed by atoms with Crippen LogP contribution in [-0.4, -0.2) is 16.2 Å². The molecule has 2 N–H and O–H groups in total. The Hall–Kier alpha value is -1.75. The van der Waals surface area contributed by atoms with Crippen LogP contribution in [0, 0.1) is 12.7 Å². The predicted octanol–water partition coefficient (Wildman–Crippen LogP) is 2.63. The molecule has 0 saturated carbocycles. The normalized spacial score (nSPS) is 14.5.